The number of benzene rings is 1. The molecule has 0 spiro atoms. The Bertz CT molecular complexity index is 1280. The van der Waals surface area contributed by atoms with Crippen LogP contribution in [0.15, 0.2) is 42.2 Å². The molecule has 0 aromatic heterocycles. The molecule has 5 N–H and O–H groups in total. The van der Waals surface area contributed by atoms with Gasteiger partial charge in [0.05, 0.1) is 25.4 Å². The molecule has 0 radical (unpaired) electrons. The van der Waals surface area contributed by atoms with E-state index in [9.17, 15) is 39.9 Å². The first kappa shape index (κ1) is 35.3. The van der Waals surface area contributed by atoms with E-state index in [1.54, 1.807) is 12.1 Å². The molecule has 2 heterocycles. The van der Waals surface area contributed by atoms with Crippen molar-refractivity contribution in [1.82, 2.24) is 0 Å². The second-order valence-electron chi connectivity index (χ2n) is 12.2. The molecule has 0 unspecified atom stereocenters. The van der Waals surface area contributed by atoms with Gasteiger partial charge in [0.2, 0.25) is 6.29 Å². The molecule has 1 aliphatic carbocycles. The SMILES string of the molecule is CC(=O)OC[C@@]1(O)CC[C@@H]2C(CO[C@@H]3O[C@H](CO)[C@@H](O)[C@H](O)[C@H]3OC(=O)/C=C\c3ccc(O)cc3)=CO[C@@H](OC(=O)CC(C)C)[C@@H]21. The van der Waals surface area contributed by atoms with Gasteiger partial charge < -0.3 is 54.0 Å². The third kappa shape index (κ3) is 8.63. The molecule has 3 aliphatic rings. The van der Waals surface area contributed by atoms with Crippen molar-refractivity contribution in [3.63, 3.8) is 0 Å². The van der Waals surface area contributed by atoms with Crippen molar-refractivity contribution in [2.45, 2.75) is 82.6 Å². The molecule has 0 bridgehead atoms. The number of carbonyl (C=O) groups excluding carboxylic acids is 3. The molecular weight excluding hydrogens is 608 g/mol. The molecule has 1 saturated heterocycles. The molecule has 254 valence electrons. The number of aliphatic hydroxyl groups is 4. The Kier molecular flexibility index (Phi) is 11.8. The topological polar surface area (TPSA) is 208 Å². The van der Waals surface area contributed by atoms with Crippen molar-refractivity contribution in [1.29, 1.82) is 0 Å². The highest BCUT2D eigenvalue weighted by Gasteiger charge is 2.57. The monoisotopic (exact) mass is 650 g/mol. The molecule has 0 amide bonds. The zero-order valence-electron chi connectivity index (χ0n) is 25.9. The number of phenols is 1. The predicted molar refractivity (Wildman–Crippen MR) is 157 cm³/mol. The lowest BCUT2D eigenvalue weighted by Crippen LogP contribution is -2.60. The van der Waals surface area contributed by atoms with Crippen LogP contribution in [0.5, 0.6) is 5.75 Å². The van der Waals surface area contributed by atoms with E-state index in [0.29, 0.717) is 17.6 Å². The third-order valence-corrected chi connectivity index (χ3v) is 8.21. The van der Waals surface area contributed by atoms with Crippen LogP contribution in [0.1, 0.15) is 45.6 Å². The number of phenolic OH excluding ortho intramolecular Hbond substituents is 1. The Morgan fingerprint density at radius 3 is 2.46 bits per heavy atom. The summed E-state index contributed by atoms with van der Waals surface area (Å²) in [5.41, 5.74) is -0.480. The van der Waals surface area contributed by atoms with Crippen molar-refractivity contribution in [2.75, 3.05) is 19.8 Å². The van der Waals surface area contributed by atoms with Gasteiger partial charge in [-0.25, -0.2) is 4.79 Å². The minimum atomic E-state index is -1.68. The van der Waals surface area contributed by atoms with Gasteiger partial charge in [-0.2, -0.15) is 0 Å². The van der Waals surface area contributed by atoms with Crippen LogP contribution in [0, 0.1) is 17.8 Å². The molecule has 2 fully saturated rings. The number of rotatable bonds is 12. The van der Waals surface area contributed by atoms with Gasteiger partial charge in [-0.3, -0.25) is 9.59 Å². The molecule has 9 atom stereocenters. The number of ether oxygens (including phenoxy) is 6. The average molecular weight is 651 g/mol. The number of esters is 3. The van der Waals surface area contributed by atoms with E-state index < -0.39 is 78.9 Å². The van der Waals surface area contributed by atoms with E-state index in [4.69, 9.17) is 28.4 Å². The van der Waals surface area contributed by atoms with Gasteiger partial charge >= 0.3 is 17.9 Å². The Labute approximate surface area is 266 Å². The third-order valence-electron chi connectivity index (χ3n) is 8.21. The minimum Gasteiger partial charge on any atom is -0.508 e. The Morgan fingerprint density at radius 2 is 1.80 bits per heavy atom. The Balaban J connectivity index is 1.50. The van der Waals surface area contributed by atoms with Crippen LogP contribution in [-0.4, -0.2) is 106 Å². The molecule has 1 saturated carbocycles. The standard InChI is InChI=1S/C32H42O14/c1-17(2)12-25(37)46-30-26-22(10-11-32(26,40)16-43-18(3)34)20(14-41-30)15-42-31-29(28(39)27(38)23(13-33)44-31)45-24(36)9-6-19-4-7-21(35)8-5-19/h4-9,14,17,22-23,26-31,33,35,38-40H,10-13,15-16H2,1-3H3/b9-6-/t22-,23-,26-,27-,28+,29-,30+,31-,32+/m1/s1. The van der Waals surface area contributed by atoms with Gasteiger partial charge in [-0.05, 0) is 54.0 Å². The summed E-state index contributed by atoms with van der Waals surface area (Å²) in [7, 11) is 0. The highest BCUT2D eigenvalue weighted by atomic mass is 16.7. The Hall–Kier alpha value is -3.53. The van der Waals surface area contributed by atoms with Crippen molar-refractivity contribution < 1.29 is 68.3 Å². The van der Waals surface area contributed by atoms with Crippen molar-refractivity contribution in [3.05, 3.63) is 47.7 Å². The average Bonchev–Trinajstić information content (AvgIpc) is 3.36. The maximum Gasteiger partial charge on any atom is 0.331 e. The number of hydrogen-bond acceptors (Lipinski definition) is 14. The molecule has 14 nitrogen and oxygen atoms in total. The summed E-state index contributed by atoms with van der Waals surface area (Å²) in [6.45, 7) is 3.70. The van der Waals surface area contributed by atoms with Crippen LogP contribution >= 0.6 is 0 Å². The van der Waals surface area contributed by atoms with Gasteiger partial charge in [0.1, 0.15) is 36.3 Å². The van der Waals surface area contributed by atoms with Gasteiger partial charge in [0.15, 0.2) is 12.4 Å². The van der Waals surface area contributed by atoms with Gasteiger partial charge in [-0.15, -0.1) is 0 Å². The summed E-state index contributed by atoms with van der Waals surface area (Å²) >= 11 is 0. The number of aromatic hydroxyl groups is 1. The zero-order chi connectivity index (χ0) is 33.6. The van der Waals surface area contributed by atoms with Crippen LogP contribution in [0.25, 0.3) is 6.08 Å². The number of fused-ring (bicyclic) bond motifs is 1. The van der Waals surface area contributed by atoms with E-state index in [-0.39, 0.29) is 37.7 Å². The summed E-state index contributed by atoms with van der Waals surface area (Å²) in [6, 6.07) is 6.01. The minimum absolute atomic E-state index is 0.0207. The second-order valence-corrected chi connectivity index (χ2v) is 12.2. The molecule has 4 rings (SSSR count). The van der Waals surface area contributed by atoms with Crippen molar-refractivity contribution >= 4 is 24.0 Å². The first-order valence-corrected chi connectivity index (χ1v) is 15.1. The second kappa shape index (κ2) is 15.4. The van der Waals surface area contributed by atoms with E-state index in [1.807, 2.05) is 13.8 Å². The van der Waals surface area contributed by atoms with Crippen LogP contribution in [0.3, 0.4) is 0 Å². The van der Waals surface area contributed by atoms with Crippen LogP contribution in [0.4, 0.5) is 0 Å². The fraction of sp³-hybridized carbons (Fsp3) is 0.594. The quantitative estimate of drug-likeness (QED) is 0.121. The number of aliphatic hydroxyl groups excluding tert-OH is 3. The molecular formula is C32H42O14. The lowest BCUT2D eigenvalue weighted by molar-refractivity contribution is -0.302. The number of hydrogen-bond donors (Lipinski definition) is 5. The largest absolute Gasteiger partial charge is 0.508 e. The molecule has 1 aromatic carbocycles. The summed E-state index contributed by atoms with van der Waals surface area (Å²) < 4.78 is 33.6. The van der Waals surface area contributed by atoms with Crippen LogP contribution < -0.4 is 0 Å². The lowest BCUT2D eigenvalue weighted by Gasteiger charge is -2.42. The Morgan fingerprint density at radius 1 is 1.09 bits per heavy atom. The summed E-state index contributed by atoms with van der Waals surface area (Å²) in [4.78, 5) is 36.8. The smallest absolute Gasteiger partial charge is 0.331 e. The normalized spacial score (nSPS) is 32.4. The number of carbonyl (C=O) groups is 3. The molecule has 2 aliphatic heterocycles. The molecule has 14 heteroatoms. The summed E-state index contributed by atoms with van der Waals surface area (Å²) in [6.07, 6.45) is -4.07. The highest BCUT2D eigenvalue weighted by Crippen LogP contribution is 2.49. The summed E-state index contributed by atoms with van der Waals surface area (Å²) in [5, 5.41) is 52.0. The van der Waals surface area contributed by atoms with Gasteiger partial charge in [0.25, 0.3) is 0 Å². The van der Waals surface area contributed by atoms with Crippen molar-refractivity contribution in [2.24, 2.45) is 17.8 Å². The van der Waals surface area contributed by atoms with E-state index in [2.05, 4.69) is 0 Å². The molecule has 46 heavy (non-hydrogen) atoms. The zero-order valence-corrected chi connectivity index (χ0v) is 25.9. The van der Waals surface area contributed by atoms with Gasteiger partial charge in [-0.1, -0.05) is 26.0 Å². The predicted octanol–water partition coefficient (Wildman–Crippen LogP) is 0.923. The van der Waals surface area contributed by atoms with Crippen LogP contribution in [-0.2, 0) is 42.8 Å². The highest BCUT2D eigenvalue weighted by molar-refractivity contribution is 5.87. The van der Waals surface area contributed by atoms with E-state index in [0.717, 1.165) is 6.08 Å². The first-order chi connectivity index (χ1) is 21.8. The fourth-order valence-corrected chi connectivity index (χ4v) is 5.88. The lowest BCUT2D eigenvalue weighted by atomic mass is 9.81. The first-order valence-electron chi connectivity index (χ1n) is 15.1. The van der Waals surface area contributed by atoms with E-state index >= 15 is 0 Å². The van der Waals surface area contributed by atoms with Gasteiger partial charge in [0, 0.05) is 19.4 Å². The maximum absolute atomic E-state index is 12.7. The fourth-order valence-electron chi connectivity index (χ4n) is 5.88. The molecule has 1 aromatic rings. The van der Waals surface area contributed by atoms with Crippen molar-refractivity contribution in [3.8, 4) is 5.75 Å². The van der Waals surface area contributed by atoms with Crippen LogP contribution in [0.2, 0.25) is 0 Å². The van der Waals surface area contributed by atoms with E-state index in [1.165, 1.54) is 31.4 Å². The maximum atomic E-state index is 12.7. The summed E-state index contributed by atoms with van der Waals surface area (Å²) in [5.74, 6) is -3.20.